The molecule has 4 nitrogen and oxygen atoms in total. The zero-order valence-corrected chi connectivity index (χ0v) is 10.7. The fourth-order valence-corrected chi connectivity index (χ4v) is 1.66. The summed E-state index contributed by atoms with van der Waals surface area (Å²) in [6, 6.07) is 1.90. The second-order valence-electron chi connectivity index (χ2n) is 3.15. The molecular formula is C11H8Cl2FNO3. The molecule has 0 radical (unpaired) electrons. The van der Waals surface area contributed by atoms with Crippen molar-refractivity contribution in [2.24, 2.45) is 5.73 Å². The molecule has 1 aromatic carbocycles. The highest BCUT2D eigenvalue weighted by Crippen LogP contribution is 2.26. The second-order valence-corrected chi connectivity index (χ2v) is 3.96. The van der Waals surface area contributed by atoms with Gasteiger partial charge in [0.2, 0.25) is 5.78 Å². The predicted octanol–water partition coefficient (Wildman–Crippen LogP) is 2.33. The standard InChI is InChI=1S/C11H8Cl2FNO3/c1-18-11(17)6(4-15)10(16)5-2-9(14)8(13)3-7(5)12/h2-4H,15H2,1H3/b6-4+. The van der Waals surface area contributed by atoms with Crippen molar-refractivity contribution < 1.29 is 18.7 Å². The number of ether oxygens (including phenoxy) is 1. The van der Waals surface area contributed by atoms with Crippen LogP contribution in [0.2, 0.25) is 10.0 Å². The summed E-state index contributed by atoms with van der Waals surface area (Å²) in [6.45, 7) is 0. The first kappa shape index (κ1) is 14.5. The Balaban J connectivity index is 3.27. The van der Waals surface area contributed by atoms with Gasteiger partial charge in [0.05, 0.1) is 17.2 Å². The Kier molecular flexibility index (Phi) is 4.69. The number of ketones is 1. The molecule has 0 spiro atoms. The van der Waals surface area contributed by atoms with Gasteiger partial charge in [-0.1, -0.05) is 23.2 Å². The first-order valence-electron chi connectivity index (χ1n) is 4.61. The maximum atomic E-state index is 13.3. The van der Waals surface area contributed by atoms with Crippen LogP contribution in [0, 0.1) is 5.82 Å². The Morgan fingerprint density at radius 2 is 1.94 bits per heavy atom. The average molecular weight is 292 g/mol. The van der Waals surface area contributed by atoms with Gasteiger partial charge in [-0.2, -0.15) is 0 Å². The number of carbonyl (C=O) groups is 2. The highest BCUT2D eigenvalue weighted by molar-refractivity contribution is 6.39. The third kappa shape index (κ3) is 2.80. The Bertz CT molecular complexity index is 543. The van der Waals surface area contributed by atoms with E-state index >= 15 is 0 Å². The minimum atomic E-state index is -0.936. The monoisotopic (exact) mass is 291 g/mol. The van der Waals surface area contributed by atoms with Crippen LogP contribution in [-0.2, 0) is 9.53 Å². The number of methoxy groups -OCH3 is 1. The molecule has 0 fully saturated rings. The zero-order chi connectivity index (χ0) is 13.9. The van der Waals surface area contributed by atoms with Crippen molar-refractivity contribution in [2.45, 2.75) is 0 Å². The van der Waals surface area contributed by atoms with E-state index in [2.05, 4.69) is 4.74 Å². The van der Waals surface area contributed by atoms with Crippen molar-refractivity contribution in [1.29, 1.82) is 0 Å². The minimum absolute atomic E-state index is 0.0883. The summed E-state index contributed by atoms with van der Waals surface area (Å²) in [6.07, 6.45) is 0.775. The van der Waals surface area contributed by atoms with Crippen molar-refractivity contribution in [3.8, 4) is 0 Å². The van der Waals surface area contributed by atoms with Gasteiger partial charge in [-0.15, -0.1) is 0 Å². The smallest absolute Gasteiger partial charge is 0.343 e. The lowest BCUT2D eigenvalue weighted by Gasteiger charge is -2.06. The number of hydrogen-bond donors (Lipinski definition) is 1. The molecule has 0 amide bonds. The highest BCUT2D eigenvalue weighted by Gasteiger charge is 2.23. The highest BCUT2D eigenvalue weighted by atomic mass is 35.5. The molecule has 0 bridgehead atoms. The van der Waals surface area contributed by atoms with Gasteiger partial charge in [0.15, 0.2) is 0 Å². The molecule has 0 unspecified atom stereocenters. The molecule has 1 aromatic rings. The third-order valence-corrected chi connectivity index (χ3v) is 2.67. The van der Waals surface area contributed by atoms with Crippen molar-refractivity contribution in [1.82, 2.24) is 0 Å². The Hall–Kier alpha value is -1.59. The summed E-state index contributed by atoms with van der Waals surface area (Å²) in [5.41, 5.74) is 4.49. The number of esters is 1. The minimum Gasteiger partial charge on any atom is -0.465 e. The molecule has 7 heteroatoms. The number of hydrogen-bond acceptors (Lipinski definition) is 4. The maximum absolute atomic E-state index is 13.3. The molecule has 0 aliphatic carbocycles. The SMILES string of the molecule is COC(=O)/C(=C/N)C(=O)c1cc(F)c(Cl)cc1Cl. The molecule has 96 valence electrons. The molecule has 18 heavy (non-hydrogen) atoms. The van der Waals surface area contributed by atoms with E-state index in [1.54, 1.807) is 0 Å². The van der Waals surface area contributed by atoms with E-state index in [0.717, 1.165) is 25.4 Å². The molecule has 0 saturated carbocycles. The fourth-order valence-electron chi connectivity index (χ4n) is 1.19. The van der Waals surface area contributed by atoms with Gasteiger partial charge in [-0.3, -0.25) is 4.79 Å². The Morgan fingerprint density at radius 3 is 2.44 bits per heavy atom. The molecule has 0 heterocycles. The van der Waals surface area contributed by atoms with Crippen LogP contribution >= 0.6 is 23.2 Å². The van der Waals surface area contributed by atoms with Crippen LogP contribution in [-0.4, -0.2) is 18.9 Å². The quantitative estimate of drug-likeness (QED) is 0.232. The number of halogens is 3. The zero-order valence-electron chi connectivity index (χ0n) is 9.17. The van der Waals surface area contributed by atoms with Crippen LogP contribution in [0.4, 0.5) is 4.39 Å². The van der Waals surface area contributed by atoms with Gasteiger partial charge < -0.3 is 10.5 Å². The van der Waals surface area contributed by atoms with Gasteiger partial charge in [-0.25, -0.2) is 9.18 Å². The van der Waals surface area contributed by atoms with Crippen molar-refractivity contribution in [3.63, 3.8) is 0 Å². The van der Waals surface area contributed by atoms with Crippen molar-refractivity contribution in [3.05, 3.63) is 45.3 Å². The van der Waals surface area contributed by atoms with E-state index < -0.39 is 23.1 Å². The van der Waals surface area contributed by atoms with E-state index in [1.807, 2.05) is 0 Å². The summed E-state index contributed by atoms with van der Waals surface area (Å²) in [5, 5.41) is -0.317. The van der Waals surface area contributed by atoms with Crippen molar-refractivity contribution in [2.75, 3.05) is 7.11 Å². The van der Waals surface area contributed by atoms with Gasteiger partial charge in [-0.05, 0) is 12.1 Å². The number of nitrogens with two attached hydrogens (primary N) is 1. The van der Waals surface area contributed by atoms with Gasteiger partial charge in [0.25, 0.3) is 0 Å². The molecule has 0 atom stereocenters. The van der Waals surface area contributed by atoms with Crippen LogP contribution in [0.1, 0.15) is 10.4 Å². The Morgan fingerprint density at radius 1 is 1.33 bits per heavy atom. The van der Waals surface area contributed by atoms with Crippen LogP contribution in [0.5, 0.6) is 0 Å². The molecule has 0 aliphatic rings. The molecule has 0 aromatic heterocycles. The largest absolute Gasteiger partial charge is 0.465 e. The number of carbonyl (C=O) groups excluding carboxylic acids is 2. The second kappa shape index (κ2) is 5.84. The first-order chi connectivity index (χ1) is 8.42. The lowest BCUT2D eigenvalue weighted by Crippen LogP contribution is -2.17. The van der Waals surface area contributed by atoms with E-state index in [9.17, 15) is 14.0 Å². The molecule has 0 saturated heterocycles. The lowest BCUT2D eigenvalue weighted by atomic mass is 10.0. The number of Topliss-reactive ketones (excluding diaryl/α,β-unsaturated/α-hetero) is 1. The van der Waals surface area contributed by atoms with Gasteiger partial charge in [0.1, 0.15) is 11.4 Å². The number of benzene rings is 1. The number of rotatable bonds is 3. The van der Waals surface area contributed by atoms with Crippen LogP contribution < -0.4 is 5.73 Å². The van der Waals surface area contributed by atoms with Crippen LogP contribution in [0.3, 0.4) is 0 Å². The molecule has 2 N–H and O–H groups in total. The lowest BCUT2D eigenvalue weighted by molar-refractivity contribution is -0.135. The van der Waals surface area contributed by atoms with Crippen LogP contribution in [0.15, 0.2) is 23.9 Å². The van der Waals surface area contributed by atoms with E-state index in [-0.39, 0.29) is 15.6 Å². The normalized spacial score (nSPS) is 11.2. The van der Waals surface area contributed by atoms with Crippen LogP contribution in [0.25, 0.3) is 0 Å². The van der Waals surface area contributed by atoms with Gasteiger partial charge >= 0.3 is 5.97 Å². The summed E-state index contributed by atoms with van der Waals surface area (Å²) >= 11 is 11.2. The average Bonchev–Trinajstić information content (AvgIpc) is 2.34. The Labute approximate surface area is 112 Å². The predicted molar refractivity (Wildman–Crippen MR) is 65.0 cm³/mol. The summed E-state index contributed by atoms with van der Waals surface area (Å²) < 4.78 is 17.6. The summed E-state index contributed by atoms with van der Waals surface area (Å²) in [5.74, 6) is -2.61. The first-order valence-corrected chi connectivity index (χ1v) is 5.37. The van der Waals surface area contributed by atoms with Gasteiger partial charge in [0, 0.05) is 11.8 Å². The van der Waals surface area contributed by atoms with E-state index in [0.29, 0.717) is 0 Å². The van der Waals surface area contributed by atoms with Crippen molar-refractivity contribution >= 4 is 35.0 Å². The molecule has 1 rings (SSSR count). The van der Waals surface area contributed by atoms with E-state index in [4.69, 9.17) is 28.9 Å². The third-order valence-electron chi connectivity index (χ3n) is 2.07. The topological polar surface area (TPSA) is 69.4 Å². The fraction of sp³-hybridized carbons (Fsp3) is 0.0909. The summed E-state index contributed by atoms with van der Waals surface area (Å²) in [7, 11) is 1.09. The summed E-state index contributed by atoms with van der Waals surface area (Å²) in [4.78, 5) is 23.2. The maximum Gasteiger partial charge on any atom is 0.343 e. The molecule has 0 aliphatic heterocycles. The molecular weight excluding hydrogens is 284 g/mol. The van der Waals surface area contributed by atoms with E-state index in [1.165, 1.54) is 0 Å².